The lowest BCUT2D eigenvalue weighted by Crippen LogP contribution is -2.16. The van der Waals surface area contributed by atoms with Crippen LogP contribution in [0.15, 0.2) is 24.3 Å². The van der Waals surface area contributed by atoms with Gasteiger partial charge >= 0.3 is 0 Å². The molecule has 12 N–H and O–H groups in total. The van der Waals surface area contributed by atoms with Gasteiger partial charge in [-0.05, 0) is 49.9 Å². The fourth-order valence-electron chi connectivity index (χ4n) is 10.8. The number of fused-ring (bicyclic) bond motifs is 8. The number of rotatable bonds is 24. The third-order valence-electron chi connectivity index (χ3n) is 14.4. The van der Waals surface area contributed by atoms with Crippen LogP contribution in [0.2, 0.25) is 0 Å². The SMILES string of the molecule is CCCCCC1c2cc(c(O)c(CS(=O)(=O)O)c2O)C(CCCCC)c2cc(c(O)c(CS(=O)(=O)O)c2O)C(CCCCC)c2cc(c(O)c(CS(=O)(=O)O)c2O)C(CCCCC)c2cc1c(O)c(CS(=O)(=O)O)c2O. The molecule has 424 valence electrons. The molecule has 76 heavy (non-hydrogen) atoms. The van der Waals surface area contributed by atoms with Crippen molar-refractivity contribution in [2.75, 3.05) is 0 Å². The molecule has 0 atom stereocenters. The molecular weight excluding hydrogens is 1070 g/mol. The lowest BCUT2D eigenvalue weighted by Gasteiger charge is -2.31. The van der Waals surface area contributed by atoms with Crippen molar-refractivity contribution < 1.29 is 92.7 Å². The molecule has 0 aliphatic heterocycles. The lowest BCUT2D eigenvalue weighted by atomic mass is 9.74. The summed E-state index contributed by atoms with van der Waals surface area (Å²) in [6, 6.07) is 5.00. The van der Waals surface area contributed by atoms with E-state index in [9.17, 15) is 92.7 Å². The second kappa shape index (κ2) is 25.1. The van der Waals surface area contributed by atoms with Crippen LogP contribution in [0.25, 0.3) is 0 Å². The van der Waals surface area contributed by atoms with Crippen LogP contribution >= 0.6 is 0 Å². The molecule has 0 unspecified atom stereocenters. The average molecular weight is 1150 g/mol. The number of unbranched alkanes of at least 4 members (excludes halogenated alkanes) is 8. The normalized spacial score (nSPS) is 17.3. The highest BCUT2D eigenvalue weighted by Crippen LogP contribution is 2.56. The van der Waals surface area contributed by atoms with Crippen LogP contribution < -0.4 is 0 Å². The van der Waals surface area contributed by atoms with Gasteiger partial charge in [0.05, 0.1) is 22.3 Å². The van der Waals surface area contributed by atoms with Gasteiger partial charge in [-0.15, -0.1) is 0 Å². The Morgan fingerprint density at radius 3 is 0.553 bits per heavy atom. The maximum atomic E-state index is 12.8. The molecule has 24 heteroatoms. The fraction of sp³-hybridized carbons (Fsp3) is 0.538. The van der Waals surface area contributed by atoms with E-state index in [4.69, 9.17) is 0 Å². The largest absolute Gasteiger partial charge is 0.507 e. The van der Waals surface area contributed by atoms with Gasteiger partial charge in [-0.2, -0.15) is 33.7 Å². The van der Waals surface area contributed by atoms with Crippen LogP contribution in [0.4, 0.5) is 0 Å². The molecule has 0 spiro atoms. The highest BCUT2D eigenvalue weighted by molar-refractivity contribution is 7.85. The molecule has 0 aromatic heterocycles. The Bertz CT molecular complexity index is 2680. The smallest absolute Gasteiger partial charge is 0.269 e. The van der Waals surface area contributed by atoms with E-state index in [1.54, 1.807) is 0 Å². The zero-order valence-corrected chi connectivity index (χ0v) is 46.3. The van der Waals surface area contributed by atoms with Gasteiger partial charge in [-0.25, -0.2) is 0 Å². The maximum Gasteiger partial charge on any atom is 0.269 e. The second-order valence-electron chi connectivity index (χ2n) is 20.0. The molecule has 8 bridgehead atoms. The summed E-state index contributed by atoms with van der Waals surface area (Å²) < 4.78 is 144. The first-order chi connectivity index (χ1) is 35.4. The van der Waals surface area contributed by atoms with Gasteiger partial charge in [0.25, 0.3) is 40.5 Å². The minimum Gasteiger partial charge on any atom is -0.507 e. The van der Waals surface area contributed by atoms with E-state index in [-0.39, 0.29) is 95.9 Å². The van der Waals surface area contributed by atoms with Crippen molar-refractivity contribution >= 4 is 40.5 Å². The van der Waals surface area contributed by atoms with Crippen molar-refractivity contribution in [3.8, 4) is 46.0 Å². The van der Waals surface area contributed by atoms with E-state index in [0.29, 0.717) is 51.4 Å². The Kier molecular flexibility index (Phi) is 20.4. The third-order valence-corrected chi connectivity index (χ3v) is 17.0. The first kappa shape index (κ1) is 61.8. The molecule has 0 fully saturated rings. The van der Waals surface area contributed by atoms with Gasteiger partial charge in [-0.1, -0.05) is 105 Å². The number of hydrogen-bond donors (Lipinski definition) is 12. The summed E-state index contributed by atoms with van der Waals surface area (Å²) in [6.07, 6.45) is 5.15. The van der Waals surface area contributed by atoms with Gasteiger partial charge < -0.3 is 40.9 Å². The van der Waals surface area contributed by atoms with E-state index in [0.717, 1.165) is 0 Å². The Labute approximate surface area is 445 Å². The highest BCUT2D eigenvalue weighted by Gasteiger charge is 2.39. The number of hydrogen-bond acceptors (Lipinski definition) is 16. The summed E-state index contributed by atoms with van der Waals surface area (Å²) in [5.41, 5.74) is -5.06. The summed E-state index contributed by atoms with van der Waals surface area (Å²) >= 11 is 0. The van der Waals surface area contributed by atoms with Crippen LogP contribution in [0, 0.1) is 0 Å². The molecule has 20 nitrogen and oxygen atoms in total. The number of phenolic OH excluding ortho intramolecular Hbond substituents is 8. The standard InChI is InChI=1S/C52H72O20S4/c1-5-9-13-17-29-33-21-35(47(55)41(45(33)53)25-73(61,62)63)30(18-14-10-6-2)37-23-39(51(59)43(49(37)57)27-75(67,68)69)32(20-16-12-8-4)40-24-38(50(58)44(52(40)60)28-76(70,71)72)31(19-15-11-7-3)36-22-34(29)46(54)42(48(36)56)26-74(64,65)66/h21-24,29-32,53-60H,5-20,25-28H2,1-4H3,(H,61,62,63)(H,64,65,66)(H,67,68,69)(H,70,71,72). The van der Waals surface area contributed by atoms with Gasteiger partial charge in [0.2, 0.25) is 0 Å². The van der Waals surface area contributed by atoms with Crippen molar-refractivity contribution in [1.82, 2.24) is 0 Å². The maximum absolute atomic E-state index is 12.8. The summed E-state index contributed by atoms with van der Waals surface area (Å²) in [5.74, 6) is -18.6. The van der Waals surface area contributed by atoms with Crippen LogP contribution in [0.1, 0.15) is 221 Å². The highest BCUT2D eigenvalue weighted by atomic mass is 32.2. The molecule has 0 heterocycles. The fourth-order valence-corrected chi connectivity index (χ4v) is 13.3. The van der Waals surface area contributed by atoms with Gasteiger partial charge in [0.15, 0.2) is 0 Å². The van der Waals surface area contributed by atoms with Crippen LogP contribution in [0.5, 0.6) is 46.0 Å². The van der Waals surface area contributed by atoms with Gasteiger partial charge in [0.1, 0.15) is 69.0 Å². The molecular formula is C52H72O20S4. The zero-order valence-electron chi connectivity index (χ0n) is 43.0. The molecule has 0 saturated heterocycles. The summed E-state index contributed by atoms with van der Waals surface area (Å²) in [7, 11) is -20.6. The minimum atomic E-state index is -5.14. The topological polar surface area (TPSA) is 379 Å². The molecule has 0 saturated carbocycles. The van der Waals surface area contributed by atoms with Gasteiger partial charge in [-0.3, -0.25) is 18.2 Å². The average Bonchev–Trinajstić information content (AvgIpc) is 3.31. The first-order valence-electron chi connectivity index (χ1n) is 25.5. The van der Waals surface area contributed by atoms with Crippen LogP contribution in [-0.2, 0) is 63.5 Å². The predicted octanol–water partition coefficient (Wildman–Crippen LogP) is 10.0. The van der Waals surface area contributed by atoms with E-state index in [1.807, 2.05) is 27.7 Å². The predicted molar refractivity (Wildman–Crippen MR) is 284 cm³/mol. The Morgan fingerprint density at radius 2 is 0.434 bits per heavy atom. The molecule has 1 aliphatic carbocycles. The number of benzene rings is 4. The Balaban J connectivity index is 2.26. The number of phenols is 8. The monoisotopic (exact) mass is 1140 g/mol. The molecule has 5 rings (SSSR count). The van der Waals surface area contributed by atoms with E-state index < -0.39 is 155 Å². The lowest BCUT2D eigenvalue weighted by molar-refractivity contribution is 0.406. The van der Waals surface area contributed by atoms with Crippen molar-refractivity contribution in [1.29, 1.82) is 0 Å². The van der Waals surface area contributed by atoms with Crippen LogP contribution in [-0.4, -0.2) is 92.7 Å². The summed E-state index contributed by atoms with van der Waals surface area (Å²) in [6.45, 7) is 7.44. The molecule has 0 amide bonds. The van der Waals surface area contributed by atoms with Crippen molar-refractivity contribution in [2.45, 2.75) is 177 Å². The molecule has 1 aliphatic rings. The molecule has 0 radical (unpaired) electrons. The molecule has 4 aromatic carbocycles. The van der Waals surface area contributed by atoms with E-state index in [1.165, 1.54) is 24.3 Å². The second-order valence-corrected chi connectivity index (χ2v) is 25.8. The van der Waals surface area contributed by atoms with E-state index >= 15 is 0 Å². The van der Waals surface area contributed by atoms with Crippen molar-refractivity contribution in [3.63, 3.8) is 0 Å². The Morgan fingerprint density at radius 1 is 0.289 bits per heavy atom. The molecule has 4 aromatic rings. The van der Waals surface area contributed by atoms with Crippen LogP contribution in [0.3, 0.4) is 0 Å². The number of aromatic hydroxyl groups is 8. The Hall–Kier alpha value is -5.08. The quantitative estimate of drug-likeness (QED) is 0.0229. The van der Waals surface area contributed by atoms with Crippen molar-refractivity contribution in [2.24, 2.45) is 0 Å². The van der Waals surface area contributed by atoms with Gasteiger partial charge in [0, 0.05) is 68.2 Å². The van der Waals surface area contributed by atoms with E-state index in [2.05, 4.69) is 0 Å². The zero-order chi connectivity index (χ0) is 56.8. The first-order valence-corrected chi connectivity index (χ1v) is 31.9. The van der Waals surface area contributed by atoms with Crippen molar-refractivity contribution in [3.05, 3.63) is 91.0 Å². The summed E-state index contributed by atoms with van der Waals surface area (Å²) in [5, 5.41) is 98.8. The third kappa shape index (κ3) is 14.7. The minimum absolute atomic E-state index is 0.0688. The summed E-state index contributed by atoms with van der Waals surface area (Å²) in [4.78, 5) is 0.